The summed E-state index contributed by atoms with van der Waals surface area (Å²) in [6.07, 6.45) is 1.70. The van der Waals surface area contributed by atoms with Gasteiger partial charge in [-0.3, -0.25) is 9.78 Å². The number of nitrogens with zero attached hydrogens (tertiary/aromatic N) is 3. The van der Waals surface area contributed by atoms with E-state index in [9.17, 15) is 18.0 Å². The van der Waals surface area contributed by atoms with Crippen molar-refractivity contribution in [1.82, 2.24) is 15.0 Å². The van der Waals surface area contributed by atoms with Crippen molar-refractivity contribution < 1.29 is 18.0 Å². The molecule has 2 aliphatic carbocycles. The van der Waals surface area contributed by atoms with Crippen LogP contribution >= 0.6 is 0 Å². The minimum Gasteiger partial charge on any atom is -0.299 e. The van der Waals surface area contributed by atoms with Crippen molar-refractivity contribution in [2.75, 3.05) is 0 Å². The number of benzene rings is 1. The summed E-state index contributed by atoms with van der Waals surface area (Å²) in [5.41, 5.74) is 3.04. The predicted octanol–water partition coefficient (Wildman–Crippen LogP) is 6.04. The lowest BCUT2D eigenvalue weighted by molar-refractivity contribution is -0.137. The van der Waals surface area contributed by atoms with Crippen molar-refractivity contribution >= 4 is 5.78 Å². The molecule has 0 radical (unpaired) electrons. The van der Waals surface area contributed by atoms with Crippen LogP contribution in [0.4, 0.5) is 13.2 Å². The van der Waals surface area contributed by atoms with Gasteiger partial charge in [-0.05, 0) is 49.4 Å². The van der Waals surface area contributed by atoms with E-state index < -0.39 is 11.7 Å². The van der Waals surface area contributed by atoms with Gasteiger partial charge in [0.05, 0.1) is 17.0 Å². The van der Waals surface area contributed by atoms with E-state index in [0.29, 0.717) is 42.1 Å². The van der Waals surface area contributed by atoms with E-state index in [4.69, 9.17) is 9.97 Å². The van der Waals surface area contributed by atoms with Crippen LogP contribution in [0.3, 0.4) is 0 Å². The molecule has 7 heteroatoms. The number of aromatic nitrogens is 3. The Hall–Kier alpha value is -3.09. The molecule has 170 valence electrons. The summed E-state index contributed by atoms with van der Waals surface area (Å²) in [5, 5.41) is 0. The Labute approximate surface area is 190 Å². The highest BCUT2D eigenvalue weighted by Gasteiger charge is 2.49. The number of alkyl halides is 3. The Balaban J connectivity index is 1.71. The number of ketones is 1. The number of pyridine rings is 1. The minimum absolute atomic E-state index is 0.0363. The number of Topliss-reactive ketones (excluding diaryl/α,β-unsaturated/α-hetero) is 1. The molecular weight excluding hydrogens is 427 g/mol. The highest BCUT2D eigenvalue weighted by molar-refractivity contribution is 5.83. The maximum Gasteiger partial charge on any atom is 0.416 e. The van der Waals surface area contributed by atoms with Crippen molar-refractivity contribution in [2.45, 2.75) is 51.1 Å². The number of fused-ring (bicyclic) bond motifs is 3. The van der Waals surface area contributed by atoms with E-state index in [2.05, 4.69) is 11.9 Å². The zero-order valence-electron chi connectivity index (χ0n) is 18.5. The Morgan fingerprint density at radius 3 is 2.33 bits per heavy atom. The second-order valence-electron chi connectivity index (χ2n) is 9.35. The van der Waals surface area contributed by atoms with Gasteiger partial charge in [0.15, 0.2) is 5.82 Å². The molecule has 33 heavy (non-hydrogen) atoms. The predicted molar refractivity (Wildman–Crippen MR) is 118 cm³/mol. The van der Waals surface area contributed by atoms with Gasteiger partial charge in [0, 0.05) is 46.8 Å². The highest BCUT2D eigenvalue weighted by Crippen LogP contribution is 2.52. The molecule has 0 aliphatic heterocycles. The van der Waals surface area contributed by atoms with Crippen LogP contribution in [0.1, 0.15) is 49.9 Å². The Bertz CT molecular complexity index is 1210. The molecule has 1 aromatic carbocycles. The summed E-state index contributed by atoms with van der Waals surface area (Å²) in [4.78, 5) is 26.4. The van der Waals surface area contributed by atoms with Crippen LogP contribution in [-0.2, 0) is 22.8 Å². The molecule has 2 aliphatic rings. The van der Waals surface area contributed by atoms with Gasteiger partial charge in [-0.15, -0.1) is 0 Å². The molecule has 0 bridgehead atoms. The van der Waals surface area contributed by atoms with Crippen LogP contribution in [-0.4, -0.2) is 20.7 Å². The first-order valence-corrected chi connectivity index (χ1v) is 11.2. The van der Waals surface area contributed by atoms with Gasteiger partial charge in [0.2, 0.25) is 0 Å². The van der Waals surface area contributed by atoms with Crippen molar-refractivity contribution in [1.29, 1.82) is 0 Å². The van der Waals surface area contributed by atoms with Crippen molar-refractivity contribution in [3.63, 3.8) is 0 Å². The van der Waals surface area contributed by atoms with Crippen molar-refractivity contribution in [2.24, 2.45) is 11.8 Å². The standard InChI is InChI=1S/C26H24F3N3O/c1-15-20-8-7-19-22(16-3-5-18(6-4-16)26(27,28)29)31-24(17-10-13-30-14-11-17)32-23(19)25(20,2)12-9-21(15)33/h3-6,10-11,13-15,20H,7-9,12H2,1-2H3/t15-,20-,25-/m1/s1. The van der Waals surface area contributed by atoms with Crippen LogP contribution in [0, 0.1) is 11.8 Å². The van der Waals surface area contributed by atoms with E-state index in [1.165, 1.54) is 12.1 Å². The number of carbonyl (C=O) groups excluding carboxylic acids is 1. The molecule has 0 amide bonds. The normalized spacial score (nSPS) is 24.8. The van der Waals surface area contributed by atoms with Gasteiger partial charge in [0.25, 0.3) is 0 Å². The molecular formula is C26H24F3N3O. The van der Waals surface area contributed by atoms with Gasteiger partial charge >= 0.3 is 6.18 Å². The van der Waals surface area contributed by atoms with E-state index in [0.717, 1.165) is 35.4 Å². The Morgan fingerprint density at radius 1 is 0.970 bits per heavy atom. The molecule has 0 saturated heterocycles. The smallest absolute Gasteiger partial charge is 0.299 e. The second kappa shape index (κ2) is 7.75. The Kier molecular flexibility index (Phi) is 5.10. The first kappa shape index (κ1) is 21.7. The lowest BCUT2D eigenvalue weighted by atomic mass is 9.56. The van der Waals surface area contributed by atoms with E-state index in [1.807, 2.05) is 19.1 Å². The quantitative estimate of drug-likeness (QED) is 0.476. The van der Waals surface area contributed by atoms with Crippen LogP contribution in [0.25, 0.3) is 22.6 Å². The fourth-order valence-corrected chi connectivity index (χ4v) is 5.61. The maximum absolute atomic E-state index is 13.1. The lowest BCUT2D eigenvalue weighted by Gasteiger charge is -2.48. The molecule has 0 spiro atoms. The third-order valence-corrected chi connectivity index (χ3v) is 7.50. The number of carbonyl (C=O) groups is 1. The lowest BCUT2D eigenvalue weighted by Crippen LogP contribution is -2.47. The van der Waals surface area contributed by atoms with Crippen LogP contribution < -0.4 is 0 Å². The van der Waals surface area contributed by atoms with E-state index in [-0.39, 0.29) is 17.3 Å². The van der Waals surface area contributed by atoms with Crippen LogP contribution in [0.15, 0.2) is 48.8 Å². The monoisotopic (exact) mass is 451 g/mol. The van der Waals surface area contributed by atoms with Gasteiger partial charge in [0.1, 0.15) is 5.78 Å². The fraction of sp³-hybridized carbons (Fsp3) is 0.385. The summed E-state index contributed by atoms with van der Waals surface area (Å²) >= 11 is 0. The van der Waals surface area contributed by atoms with Gasteiger partial charge in [-0.2, -0.15) is 13.2 Å². The van der Waals surface area contributed by atoms with E-state index >= 15 is 0 Å². The number of rotatable bonds is 2. The SMILES string of the molecule is C[C@H]1C(=O)CC[C@@]2(C)c3nc(-c4ccncc4)nc(-c4ccc(C(F)(F)F)cc4)c3CC[C@H]12. The molecule has 2 heterocycles. The molecule has 0 unspecified atom stereocenters. The zero-order valence-corrected chi connectivity index (χ0v) is 18.5. The summed E-state index contributed by atoms with van der Waals surface area (Å²) in [7, 11) is 0. The number of hydrogen-bond donors (Lipinski definition) is 0. The second-order valence-corrected chi connectivity index (χ2v) is 9.35. The zero-order chi connectivity index (χ0) is 23.4. The van der Waals surface area contributed by atoms with Crippen molar-refractivity contribution in [3.05, 3.63) is 65.6 Å². The van der Waals surface area contributed by atoms with Crippen LogP contribution in [0.2, 0.25) is 0 Å². The summed E-state index contributed by atoms with van der Waals surface area (Å²) in [6.45, 7) is 4.19. The molecule has 3 aromatic rings. The average molecular weight is 451 g/mol. The molecule has 3 atom stereocenters. The molecule has 1 saturated carbocycles. The topological polar surface area (TPSA) is 55.7 Å². The first-order chi connectivity index (χ1) is 15.7. The number of halogens is 3. The summed E-state index contributed by atoms with van der Waals surface area (Å²) in [5.74, 6) is 0.974. The molecule has 5 rings (SSSR count). The molecule has 0 N–H and O–H groups in total. The Morgan fingerprint density at radius 2 is 1.67 bits per heavy atom. The molecule has 1 fully saturated rings. The third-order valence-electron chi connectivity index (χ3n) is 7.50. The maximum atomic E-state index is 13.1. The molecule has 2 aromatic heterocycles. The average Bonchev–Trinajstić information content (AvgIpc) is 2.81. The number of hydrogen-bond acceptors (Lipinski definition) is 4. The summed E-state index contributed by atoms with van der Waals surface area (Å²) < 4.78 is 39.4. The molecule has 4 nitrogen and oxygen atoms in total. The third kappa shape index (κ3) is 3.63. The fourth-order valence-electron chi connectivity index (χ4n) is 5.61. The summed E-state index contributed by atoms with van der Waals surface area (Å²) in [6, 6.07) is 8.84. The first-order valence-electron chi connectivity index (χ1n) is 11.2. The van der Waals surface area contributed by atoms with E-state index in [1.54, 1.807) is 12.4 Å². The van der Waals surface area contributed by atoms with Gasteiger partial charge < -0.3 is 0 Å². The van der Waals surface area contributed by atoms with Gasteiger partial charge in [-0.1, -0.05) is 26.0 Å². The van der Waals surface area contributed by atoms with Gasteiger partial charge in [-0.25, -0.2) is 9.97 Å². The van der Waals surface area contributed by atoms with Crippen molar-refractivity contribution in [3.8, 4) is 22.6 Å². The minimum atomic E-state index is -4.39. The highest BCUT2D eigenvalue weighted by atomic mass is 19.4. The largest absolute Gasteiger partial charge is 0.416 e. The van der Waals surface area contributed by atoms with Crippen LogP contribution in [0.5, 0.6) is 0 Å².